The molecule has 0 spiro atoms. The molecule has 1 aromatic carbocycles. The van der Waals surface area contributed by atoms with Crippen LogP contribution in [0.25, 0.3) is 32.7 Å². The molecule has 0 atom stereocenters. The zero-order chi connectivity index (χ0) is 16.0. The van der Waals surface area contributed by atoms with E-state index in [1.54, 1.807) is 11.3 Å². The van der Waals surface area contributed by atoms with Crippen LogP contribution in [0.1, 0.15) is 10.4 Å². The van der Waals surface area contributed by atoms with Crippen LogP contribution in [0.3, 0.4) is 0 Å². The molecule has 0 bridgehead atoms. The first-order valence-electron chi connectivity index (χ1n) is 7.37. The number of aryl methyl sites for hydroxylation is 2. The van der Waals surface area contributed by atoms with Crippen LogP contribution in [0.5, 0.6) is 0 Å². The summed E-state index contributed by atoms with van der Waals surface area (Å²) in [6.45, 7) is 4.09. The number of H-pyrrole nitrogens is 2. The van der Waals surface area contributed by atoms with Crippen molar-refractivity contribution in [2.45, 2.75) is 13.8 Å². The molecule has 0 radical (unpaired) electrons. The Bertz CT molecular complexity index is 1040. The van der Waals surface area contributed by atoms with Crippen molar-refractivity contribution in [1.29, 1.82) is 0 Å². The second-order valence-corrected chi connectivity index (χ2v) is 6.80. The van der Waals surface area contributed by atoms with Gasteiger partial charge in [0.15, 0.2) is 0 Å². The smallest absolute Gasteiger partial charge is 0.260 e. The highest BCUT2D eigenvalue weighted by molar-refractivity contribution is 7.19. The number of hydrogen-bond acceptors (Lipinski definition) is 3. The lowest BCUT2D eigenvalue weighted by atomic mass is 10.0. The fraction of sp³-hybridized carbons (Fsp3) is 0.111. The maximum atomic E-state index is 12.7. The molecule has 0 unspecified atom stereocenters. The van der Waals surface area contributed by atoms with Crippen molar-refractivity contribution in [3.8, 4) is 22.5 Å². The Balaban J connectivity index is 1.98. The quantitative estimate of drug-likeness (QED) is 0.579. The van der Waals surface area contributed by atoms with E-state index in [4.69, 9.17) is 0 Å². The van der Waals surface area contributed by atoms with Gasteiger partial charge in [0.1, 0.15) is 10.7 Å². The summed E-state index contributed by atoms with van der Waals surface area (Å²) in [5.41, 5.74) is 4.03. The number of nitrogens with one attached hydrogen (secondary N) is 2. The highest BCUT2D eigenvalue weighted by atomic mass is 32.1. The molecular weight excluding hydrogens is 306 g/mol. The topological polar surface area (TPSA) is 61.5 Å². The lowest BCUT2D eigenvalue weighted by molar-refractivity contribution is 1.19. The lowest BCUT2D eigenvalue weighted by Crippen LogP contribution is -2.08. The van der Waals surface area contributed by atoms with Gasteiger partial charge in [-0.3, -0.25) is 4.79 Å². The van der Waals surface area contributed by atoms with Crippen molar-refractivity contribution < 1.29 is 0 Å². The first kappa shape index (κ1) is 14.0. The van der Waals surface area contributed by atoms with E-state index < -0.39 is 0 Å². The molecule has 0 fully saturated rings. The van der Waals surface area contributed by atoms with Crippen LogP contribution >= 0.6 is 11.3 Å². The average Bonchev–Trinajstić information content (AvgIpc) is 3.15. The van der Waals surface area contributed by atoms with Gasteiger partial charge in [0, 0.05) is 28.4 Å². The van der Waals surface area contributed by atoms with Gasteiger partial charge in [-0.2, -0.15) is 0 Å². The summed E-state index contributed by atoms with van der Waals surface area (Å²) in [6.07, 6.45) is 3.64. The van der Waals surface area contributed by atoms with Crippen LogP contribution in [0, 0.1) is 13.8 Å². The fourth-order valence-electron chi connectivity index (χ4n) is 2.79. The molecule has 0 saturated heterocycles. The van der Waals surface area contributed by atoms with Crippen LogP contribution < -0.4 is 5.56 Å². The normalized spacial score (nSPS) is 11.2. The summed E-state index contributed by atoms with van der Waals surface area (Å²) < 4.78 is 0. The van der Waals surface area contributed by atoms with Crippen LogP contribution in [0.2, 0.25) is 0 Å². The summed E-state index contributed by atoms with van der Waals surface area (Å²) in [5.74, 6) is 0.598. The van der Waals surface area contributed by atoms with Crippen LogP contribution in [-0.4, -0.2) is 15.0 Å². The third-order valence-corrected chi connectivity index (χ3v) is 4.95. The van der Waals surface area contributed by atoms with E-state index in [2.05, 4.69) is 46.1 Å². The Morgan fingerprint density at radius 3 is 2.52 bits per heavy atom. The Labute approximate surface area is 136 Å². The standard InChI is InChI=1S/C18H15N3OS/c1-10-3-5-12(6-4-10)14-11(2)23-18-15(14)17(22)20-16(21-18)13-7-8-19-9-13/h3-9,19H,1-2H3,(H,20,21,22). The van der Waals surface area contributed by atoms with E-state index in [1.165, 1.54) is 5.56 Å². The third kappa shape index (κ3) is 2.29. The minimum Gasteiger partial charge on any atom is -0.367 e. The summed E-state index contributed by atoms with van der Waals surface area (Å²) in [4.78, 5) is 25.1. The monoisotopic (exact) mass is 321 g/mol. The number of fused-ring (bicyclic) bond motifs is 1. The summed E-state index contributed by atoms with van der Waals surface area (Å²) in [7, 11) is 0. The number of benzene rings is 1. The molecule has 0 saturated carbocycles. The van der Waals surface area contributed by atoms with E-state index in [-0.39, 0.29) is 5.56 Å². The predicted octanol–water partition coefficient (Wildman–Crippen LogP) is 4.26. The Kier molecular flexibility index (Phi) is 3.16. The van der Waals surface area contributed by atoms with Gasteiger partial charge in [-0.25, -0.2) is 4.98 Å². The Hall–Kier alpha value is -2.66. The predicted molar refractivity (Wildman–Crippen MR) is 94.9 cm³/mol. The second-order valence-electron chi connectivity index (χ2n) is 5.59. The van der Waals surface area contributed by atoms with E-state index in [0.29, 0.717) is 11.2 Å². The van der Waals surface area contributed by atoms with Gasteiger partial charge in [0.05, 0.1) is 5.39 Å². The number of rotatable bonds is 2. The van der Waals surface area contributed by atoms with E-state index in [0.717, 1.165) is 26.4 Å². The minimum atomic E-state index is -0.0916. The molecule has 4 nitrogen and oxygen atoms in total. The lowest BCUT2D eigenvalue weighted by Gasteiger charge is -2.03. The maximum absolute atomic E-state index is 12.7. The van der Waals surface area contributed by atoms with E-state index in [1.807, 2.05) is 25.4 Å². The molecule has 3 aromatic heterocycles. The Morgan fingerprint density at radius 1 is 1.04 bits per heavy atom. The van der Waals surface area contributed by atoms with Crippen LogP contribution in [0.4, 0.5) is 0 Å². The third-order valence-electron chi connectivity index (χ3n) is 3.95. The SMILES string of the molecule is Cc1ccc(-c2c(C)sc3nc(-c4cc[nH]c4)[nH]c(=O)c23)cc1. The molecule has 114 valence electrons. The average molecular weight is 321 g/mol. The molecule has 23 heavy (non-hydrogen) atoms. The number of hydrogen-bond donors (Lipinski definition) is 2. The van der Waals surface area contributed by atoms with Gasteiger partial charge in [0.25, 0.3) is 5.56 Å². The zero-order valence-electron chi connectivity index (χ0n) is 12.8. The molecule has 4 rings (SSSR count). The van der Waals surface area contributed by atoms with Gasteiger partial charge in [0.2, 0.25) is 0 Å². The molecule has 0 amide bonds. The Morgan fingerprint density at radius 2 is 1.83 bits per heavy atom. The fourth-order valence-corrected chi connectivity index (χ4v) is 3.84. The van der Waals surface area contributed by atoms with Gasteiger partial charge in [-0.05, 0) is 25.5 Å². The maximum Gasteiger partial charge on any atom is 0.260 e. The molecule has 0 aliphatic heterocycles. The van der Waals surface area contributed by atoms with Crippen molar-refractivity contribution in [2.75, 3.05) is 0 Å². The number of aromatic amines is 2. The molecule has 4 aromatic rings. The molecule has 2 N–H and O–H groups in total. The number of thiophene rings is 1. The minimum absolute atomic E-state index is 0.0916. The highest BCUT2D eigenvalue weighted by Gasteiger charge is 2.17. The van der Waals surface area contributed by atoms with Crippen molar-refractivity contribution in [3.63, 3.8) is 0 Å². The van der Waals surface area contributed by atoms with Crippen molar-refractivity contribution in [1.82, 2.24) is 15.0 Å². The number of aromatic nitrogens is 3. The van der Waals surface area contributed by atoms with E-state index >= 15 is 0 Å². The van der Waals surface area contributed by atoms with Crippen molar-refractivity contribution >= 4 is 21.6 Å². The van der Waals surface area contributed by atoms with Crippen molar-refractivity contribution in [3.05, 3.63) is 63.5 Å². The highest BCUT2D eigenvalue weighted by Crippen LogP contribution is 2.36. The molecule has 0 aliphatic carbocycles. The first-order valence-corrected chi connectivity index (χ1v) is 8.19. The van der Waals surface area contributed by atoms with Gasteiger partial charge < -0.3 is 9.97 Å². The van der Waals surface area contributed by atoms with Crippen LogP contribution in [0.15, 0.2) is 47.5 Å². The zero-order valence-corrected chi connectivity index (χ0v) is 13.6. The summed E-state index contributed by atoms with van der Waals surface area (Å²) in [6, 6.07) is 10.1. The summed E-state index contributed by atoms with van der Waals surface area (Å²) >= 11 is 1.56. The number of nitrogens with zero attached hydrogens (tertiary/aromatic N) is 1. The van der Waals surface area contributed by atoms with Crippen molar-refractivity contribution in [2.24, 2.45) is 0 Å². The second kappa shape index (κ2) is 5.21. The van der Waals surface area contributed by atoms with Gasteiger partial charge in [-0.15, -0.1) is 11.3 Å². The molecule has 0 aliphatic rings. The van der Waals surface area contributed by atoms with Gasteiger partial charge in [-0.1, -0.05) is 29.8 Å². The first-order chi connectivity index (χ1) is 11.1. The van der Waals surface area contributed by atoms with E-state index in [9.17, 15) is 4.79 Å². The summed E-state index contributed by atoms with van der Waals surface area (Å²) in [5, 5.41) is 0.677. The van der Waals surface area contributed by atoms with Crippen LogP contribution in [-0.2, 0) is 0 Å². The molecule has 3 heterocycles. The van der Waals surface area contributed by atoms with Gasteiger partial charge >= 0.3 is 0 Å². The molecule has 5 heteroatoms. The molecular formula is C18H15N3OS. The largest absolute Gasteiger partial charge is 0.367 e.